The van der Waals surface area contributed by atoms with Gasteiger partial charge in [-0.2, -0.15) is 9.61 Å². The van der Waals surface area contributed by atoms with Crippen LogP contribution in [0.4, 0.5) is 11.6 Å². The first kappa shape index (κ1) is 22.6. The van der Waals surface area contributed by atoms with Gasteiger partial charge in [-0.05, 0) is 30.7 Å². The van der Waals surface area contributed by atoms with Crippen molar-refractivity contribution in [1.29, 1.82) is 0 Å². The molecule has 1 aliphatic rings. The van der Waals surface area contributed by atoms with Crippen LogP contribution in [-0.4, -0.2) is 64.7 Å². The number of benzene rings is 1. The molecule has 0 aliphatic carbocycles. The number of hydrogen-bond acceptors (Lipinski definition) is 6. The molecule has 0 bridgehead atoms. The Morgan fingerprint density at radius 1 is 1.12 bits per heavy atom. The average molecular weight is 476 g/mol. The smallest absolute Gasteiger partial charge is 0.236 e. The van der Waals surface area contributed by atoms with Crippen molar-refractivity contribution in [3.05, 3.63) is 52.1 Å². The Labute approximate surface area is 197 Å². The zero-order valence-corrected chi connectivity index (χ0v) is 19.5. The summed E-state index contributed by atoms with van der Waals surface area (Å²) in [6.45, 7) is 6.71. The van der Waals surface area contributed by atoms with Crippen molar-refractivity contribution in [3.8, 4) is 0 Å². The molecular weight excluding hydrogens is 449 g/mol. The van der Waals surface area contributed by atoms with E-state index in [4.69, 9.17) is 28.2 Å². The van der Waals surface area contributed by atoms with E-state index >= 15 is 0 Å². The van der Waals surface area contributed by atoms with Gasteiger partial charge in [-0.25, -0.2) is 4.98 Å². The molecule has 1 aromatic carbocycles. The second-order valence-corrected chi connectivity index (χ2v) is 8.58. The highest BCUT2D eigenvalue weighted by Gasteiger charge is 2.22. The van der Waals surface area contributed by atoms with Gasteiger partial charge in [0.1, 0.15) is 11.6 Å². The number of nitrogens with one attached hydrogen (secondary N) is 2. The molecule has 1 aliphatic heterocycles. The number of aromatic nitrogens is 3. The Morgan fingerprint density at radius 2 is 1.94 bits per heavy atom. The predicted molar refractivity (Wildman–Crippen MR) is 129 cm³/mol. The van der Waals surface area contributed by atoms with Crippen LogP contribution in [0, 0.1) is 0 Å². The third kappa shape index (κ3) is 5.26. The maximum absolute atomic E-state index is 12.4. The molecule has 0 unspecified atom stereocenters. The molecule has 0 spiro atoms. The topological polar surface area (TPSA) is 77.8 Å². The van der Waals surface area contributed by atoms with E-state index in [0.717, 1.165) is 48.9 Å². The highest BCUT2D eigenvalue weighted by molar-refractivity contribution is 6.35. The molecular formula is C22H27Cl2N7O. The lowest BCUT2D eigenvalue weighted by atomic mass is 10.2. The number of anilines is 2. The second kappa shape index (κ2) is 10.4. The minimum atomic E-state index is 0.152. The third-order valence-corrected chi connectivity index (χ3v) is 6.07. The van der Waals surface area contributed by atoms with Crippen LogP contribution in [0.25, 0.3) is 5.65 Å². The number of piperazine rings is 1. The molecule has 0 atom stereocenters. The zero-order chi connectivity index (χ0) is 22.5. The second-order valence-electron chi connectivity index (χ2n) is 7.73. The Morgan fingerprint density at radius 3 is 2.69 bits per heavy atom. The summed E-state index contributed by atoms with van der Waals surface area (Å²) in [5.41, 5.74) is 1.70. The lowest BCUT2D eigenvalue weighted by Crippen LogP contribution is -2.51. The highest BCUT2D eigenvalue weighted by atomic mass is 35.5. The number of fused-ring (bicyclic) bond motifs is 1. The molecule has 1 saturated heterocycles. The minimum Gasteiger partial charge on any atom is -0.366 e. The van der Waals surface area contributed by atoms with Crippen LogP contribution in [0.3, 0.4) is 0 Å². The summed E-state index contributed by atoms with van der Waals surface area (Å²) in [5.74, 6) is 1.83. The van der Waals surface area contributed by atoms with E-state index < -0.39 is 0 Å². The van der Waals surface area contributed by atoms with Crippen molar-refractivity contribution >= 4 is 46.4 Å². The van der Waals surface area contributed by atoms with Gasteiger partial charge in [-0.15, -0.1) is 0 Å². The first-order chi connectivity index (χ1) is 15.5. The molecule has 4 rings (SSSR count). The van der Waals surface area contributed by atoms with Gasteiger partial charge in [0.2, 0.25) is 5.91 Å². The fourth-order valence-corrected chi connectivity index (χ4v) is 4.18. The summed E-state index contributed by atoms with van der Waals surface area (Å²) in [6.07, 6.45) is 2.75. The normalized spacial score (nSPS) is 14.2. The Hall–Kier alpha value is -2.55. The Kier molecular flexibility index (Phi) is 7.34. The first-order valence-electron chi connectivity index (χ1n) is 10.8. The van der Waals surface area contributed by atoms with Crippen molar-refractivity contribution in [2.75, 3.05) is 49.5 Å². The van der Waals surface area contributed by atoms with Crippen LogP contribution in [0.1, 0.15) is 18.9 Å². The predicted octanol–water partition coefficient (Wildman–Crippen LogP) is 3.30. The SMILES string of the molecule is CCCNCC(=O)N1CCN(c2cc(NCc3ccc(Cl)cc3Cl)n3nccc3n2)CC1. The summed E-state index contributed by atoms with van der Waals surface area (Å²) in [4.78, 5) is 21.2. The van der Waals surface area contributed by atoms with E-state index in [1.165, 1.54) is 0 Å². The standard InChI is InChI=1S/C22H27Cl2N7O/c1-2-6-25-15-22(32)30-10-8-29(9-11-30)21-13-20(31-19(28-21)5-7-27-31)26-14-16-3-4-17(23)12-18(16)24/h3-5,7,12-13,25-26H,2,6,8-11,14-15H2,1H3. The van der Waals surface area contributed by atoms with Gasteiger partial charge in [0.05, 0.1) is 12.7 Å². The Balaban J connectivity index is 1.44. The van der Waals surface area contributed by atoms with Crippen molar-refractivity contribution < 1.29 is 4.79 Å². The molecule has 0 saturated carbocycles. The summed E-state index contributed by atoms with van der Waals surface area (Å²) in [6, 6.07) is 9.34. The lowest BCUT2D eigenvalue weighted by Gasteiger charge is -2.35. The van der Waals surface area contributed by atoms with Gasteiger partial charge in [-0.1, -0.05) is 36.2 Å². The number of rotatable bonds is 8. The monoisotopic (exact) mass is 475 g/mol. The van der Waals surface area contributed by atoms with E-state index in [1.807, 2.05) is 29.2 Å². The number of amides is 1. The fraction of sp³-hybridized carbons (Fsp3) is 0.409. The van der Waals surface area contributed by atoms with Gasteiger partial charge >= 0.3 is 0 Å². The van der Waals surface area contributed by atoms with E-state index in [-0.39, 0.29) is 5.91 Å². The van der Waals surface area contributed by atoms with Crippen molar-refractivity contribution in [3.63, 3.8) is 0 Å². The van der Waals surface area contributed by atoms with E-state index in [2.05, 4.69) is 27.6 Å². The maximum Gasteiger partial charge on any atom is 0.236 e. The molecule has 8 nitrogen and oxygen atoms in total. The molecule has 0 radical (unpaired) electrons. The fourth-order valence-electron chi connectivity index (χ4n) is 3.71. The van der Waals surface area contributed by atoms with Gasteiger partial charge < -0.3 is 20.4 Å². The average Bonchev–Trinajstić information content (AvgIpc) is 3.27. The van der Waals surface area contributed by atoms with Gasteiger partial charge in [-0.3, -0.25) is 4.79 Å². The van der Waals surface area contributed by atoms with Gasteiger partial charge in [0.25, 0.3) is 0 Å². The Bertz CT molecular complexity index is 1080. The third-order valence-electron chi connectivity index (χ3n) is 5.48. The van der Waals surface area contributed by atoms with Crippen molar-refractivity contribution in [1.82, 2.24) is 24.8 Å². The molecule has 32 heavy (non-hydrogen) atoms. The minimum absolute atomic E-state index is 0.152. The van der Waals surface area contributed by atoms with Crippen LogP contribution in [0.2, 0.25) is 10.0 Å². The summed E-state index contributed by atoms with van der Waals surface area (Å²) < 4.78 is 1.77. The first-order valence-corrected chi connectivity index (χ1v) is 11.6. The van der Waals surface area contributed by atoms with Gasteiger partial charge in [0.15, 0.2) is 5.65 Å². The molecule has 2 aromatic heterocycles. The molecule has 2 N–H and O–H groups in total. The molecule has 10 heteroatoms. The van der Waals surface area contributed by atoms with Crippen molar-refractivity contribution in [2.24, 2.45) is 0 Å². The van der Waals surface area contributed by atoms with Gasteiger partial charge in [0, 0.05) is 54.9 Å². The van der Waals surface area contributed by atoms with E-state index in [9.17, 15) is 4.79 Å². The van der Waals surface area contributed by atoms with Crippen LogP contribution < -0.4 is 15.5 Å². The van der Waals surface area contributed by atoms with Crippen LogP contribution in [-0.2, 0) is 11.3 Å². The summed E-state index contributed by atoms with van der Waals surface area (Å²) in [5, 5.41) is 12.2. The molecule has 3 heterocycles. The van der Waals surface area contributed by atoms with Crippen LogP contribution in [0.15, 0.2) is 36.5 Å². The van der Waals surface area contributed by atoms with Crippen LogP contribution in [0.5, 0.6) is 0 Å². The van der Waals surface area contributed by atoms with Crippen LogP contribution >= 0.6 is 23.2 Å². The summed E-state index contributed by atoms with van der Waals surface area (Å²) >= 11 is 12.3. The summed E-state index contributed by atoms with van der Waals surface area (Å²) in [7, 11) is 0. The number of nitrogens with zero attached hydrogens (tertiary/aromatic N) is 5. The molecule has 170 valence electrons. The zero-order valence-electron chi connectivity index (χ0n) is 18.0. The number of hydrogen-bond donors (Lipinski definition) is 2. The maximum atomic E-state index is 12.4. The molecule has 3 aromatic rings. The molecule has 1 fully saturated rings. The number of carbonyl (C=O) groups is 1. The largest absolute Gasteiger partial charge is 0.366 e. The van der Waals surface area contributed by atoms with E-state index in [0.29, 0.717) is 36.2 Å². The molecule has 1 amide bonds. The van der Waals surface area contributed by atoms with Crippen molar-refractivity contribution in [2.45, 2.75) is 19.9 Å². The van der Waals surface area contributed by atoms with E-state index in [1.54, 1.807) is 16.8 Å². The highest BCUT2D eigenvalue weighted by Crippen LogP contribution is 2.24. The lowest BCUT2D eigenvalue weighted by molar-refractivity contribution is -0.130. The number of halogens is 2. The quantitative estimate of drug-likeness (QED) is 0.486. The number of carbonyl (C=O) groups excluding carboxylic acids is 1.